The average Bonchev–Trinajstić information content (AvgIpc) is 2.52. The number of hydrogen-bond donors (Lipinski definition) is 1. The van der Waals surface area contributed by atoms with Crippen LogP contribution in [0.1, 0.15) is 30.5 Å². The topological polar surface area (TPSA) is 44.5 Å². The molecule has 0 saturated heterocycles. The lowest BCUT2D eigenvalue weighted by atomic mass is 10.1. The summed E-state index contributed by atoms with van der Waals surface area (Å²) < 4.78 is 11.1. The highest BCUT2D eigenvalue weighted by Crippen LogP contribution is 2.28. The summed E-state index contributed by atoms with van der Waals surface area (Å²) in [4.78, 5) is 0. The second kappa shape index (κ2) is 7.70. The quantitative estimate of drug-likeness (QED) is 0.788. The molecule has 0 heterocycles. The maximum Gasteiger partial charge on any atom is 0.127 e. The van der Waals surface area contributed by atoms with Crippen molar-refractivity contribution in [1.29, 1.82) is 0 Å². The van der Waals surface area contributed by atoms with Crippen molar-refractivity contribution in [2.75, 3.05) is 13.7 Å². The van der Waals surface area contributed by atoms with Crippen molar-refractivity contribution in [2.45, 2.75) is 25.8 Å². The molecule has 0 aliphatic rings. The third-order valence-corrected chi connectivity index (χ3v) is 3.42. The van der Waals surface area contributed by atoms with E-state index in [2.05, 4.69) is 24.3 Å². The molecule has 0 radical (unpaired) electrons. The zero-order valence-electron chi connectivity index (χ0n) is 12.7. The first kappa shape index (κ1) is 15.4. The Morgan fingerprint density at radius 1 is 1.10 bits per heavy atom. The minimum Gasteiger partial charge on any atom is -0.497 e. The van der Waals surface area contributed by atoms with E-state index in [0.29, 0.717) is 6.61 Å². The standard InChI is InChI=1S/C18H23NO2/c1-14(19)17-11-10-16(20-2)13-18(17)21-12-6-9-15-7-4-3-5-8-15/h3-5,7-8,10-11,13-14H,6,9,12,19H2,1-2H3/t14-/m0/s1. The Bertz CT molecular complexity index is 552. The lowest BCUT2D eigenvalue weighted by Gasteiger charge is -2.15. The van der Waals surface area contributed by atoms with Gasteiger partial charge in [0, 0.05) is 17.7 Å². The molecule has 0 spiro atoms. The molecule has 2 aromatic carbocycles. The van der Waals surface area contributed by atoms with Crippen LogP contribution >= 0.6 is 0 Å². The van der Waals surface area contributed by atoms with Crippen molar-refractivity contribution in [3.63, 3.8) is 0 Å². The fraction of sp³-hybridized carbons (Fsp3) is 0.333. The van der Waals surface area contributed by atoms with Crippen LogP contribution in [0.25, 0.3) is 0 Å². The number of rotatable bonds is 7. The summed E-state index contributed by atoms with van der Waals surface area (Å²) in [6.07, 6.45) is 1.98. The van der Waals surface area contributed by atoms with E-state index in [1.165, 1.54) is 5.56 Å². The molecule has 0 saturated carbocycles. The molecule has 3 heteroatoms. The molecule has 0 bridgehead atoms. The van der Waals surface area contributed by atoms with E-state index in [1.807, 2.05) is 31.2 Å². The zero-order valence-corrected chi connectivity index (χ0v) is 12.7. The Hall–Kier alpha value is -2.00. The largest absolute Gasteiger partial charge is 0.497 e. The molecular weight excluding hydrogens is 262 g/mol. The average molecular weight is 285 g/mol. The van der Waals surface area contributed by atoms with Gasteiger partial charge in [-0.2, -0.15) is 0 Å². The highest BCUT2D eigenvalue weighted by atomic mass is 16.5. The molecular formula is C18H23NO2. The van der Waals surface area contributed by atoms with Crippen molar-refractivity contribution >= 4 is 0 Å². The fourth-order valence-corrected chi connectivity index (χ4v) is 2.25. The van der Waals surface area contributed by atoms with Gasteiger partial charge >= 0.3 is 0 Å². The van der Waals surface area contributed by atoms with Crippen molar-refractivity contribution in [2.24, 2.45) is 5.73 Å². The summed E-state index contributed by atoms with van der Waals surface area (Å²) in [5.74, 6) is 1.61. The van der Waals surface area contributed by atoms with Gasteiger partial charge in [0.1, 0.15) is 11.5 Å². The highest BCUT2D eigenvalue weighted by molar-refractivity contribution is 5.42. The Labute approximate surface area is 126 Å². The third kappa shape index (κ3) is 4.50. The maximum atomic E-state index is 5.98. The number of hydrogen-bond acceptors (Lipinski definition) is 3. The summed E-state index contributed by atoms with van der Waals surface area (Å²) in [7, 11) is 1.65. The predicted octanol–water partition coefficient (Wildman–Crippen LogP) is 3.73. The van der Waals surface area contributed by atoms with Crippen LogP contribution in [0.2, 0.25) is 0 Å². The van der Waals surface area contributed by atoms with E-state index in [0.717, 1.165) is 29.9 Å². The smallest absolute Gasteiger partial charge is 0.127 e. The van der Waals surface area contributed by atoms with Gasteiger partial charge in [-0.15, -0.1) is 0 Å². The molecule has 2 rings (SSSR count). The summed E-state index contributed by atoms with van der Waals surface area (Å²) in [6, 6.07) is 16.2. The maximum absolute atomic E-state index is 5.98. The van der Waals surface area contributed by atoms with E-state index in [9.17, 15) is 0 Å². The van der Waals surface area contributed by atoms with Gasteiger partial charge in [0.25, 0.3) is 0 Å². The van der Waals surface area contributed by atoms with Gasteiger partial charge in [-0.05, 0) is 31.4 Å². The lowest BCUT2D eigenvalue weighted by Crippen LogP contribution is -2.09. The van der Waals surface area contributed by atoms with Gasteiger partial charge < -0.3 is 15.2 Å². The minimum atomic E-state index is -0.0555. The first-order chi connectivity index (χ1) is 10.2. The highest BCUT2D eigenvalue weighted by Gasteiger charge is 2.09. The van der Waals surface area contributed by atoms with Crippen LogP contribution in [0, 0.1) is 0 Å². The minimum absolute atomic E-state index is 0.0555. The molecule has 1 atom stereocenters. The molecule has 21 heavy (non-hydrogen) atoms. The number of nitrogens with two attached hydrogens (primary N) is 1. The van der Waals surface area contributed by atoms with E-state index < -0.39 is 0 Å². The van der Waals surface area contributed by atoms with Crippen LogP contribution < -0.4 is 15.2 Å². The third-order valence-electron chi connectivity index (χ3n) is 3.42. The molecule has 2 aromatic rings. The first-order valence-electron chi connectivity index (χ1n) is 7.31. The number of aryl methyl sites for hydroxylation is 1. The Morgan fingerprint density at radius 2 is 1.86 bits per heavy atom. The van der Waals surface area contributed by atoms with Crippen molar-refractivity contribution < 1.29 is 9.47 Å². The van der Waals surface area contributed by atoms with Gasteiger partial charge in [0.2, 0.25) is 0 Å². The van der Waals surface area contributed by atoms with Gasteiger partial charge in [-0.1, -0.05) is 36.4 Å². The summed E-state index contributed by atoms with van der Waals surface area (Å²) >= 11 is 0. The fourth-order valence-electron chi connectivity index (χ4n) is 2.25. The monoisotopic (exact) mass is 285 g/mol. The van der Waals surface area contributed by atoms with E-state index in [4.69, 9.17) is 15.2 Å². The van der Waals surface area contributed by atoms with Crippen LogP contribution in [0.15, 0.2) is 48.5 Å². The van der Waals surface area contributed by atoms with Crippen molar-refractivity contribution in [3.8, 4) is 11.5 Å². The van der Waals surface area contributed by atoms with Crippen LogP contribution in [0.3, 0.4) is 0 Å². The van der Waals surface area contributed by atoms with Gasteiger partial charge in [-0.3, -0.25) is 0 Å². The number of methoxy groups -OCH3 is 1. The molecule has 2 N–H and O–H groups in total. The van der Waals surface area contributed by atoms with E-state index in [-0.39, 0.29) is 6.04 Å². The zero-order chi connectivity index (χ0) is 15.1. The molecule has 112 valence electrons. The summed E-state index contributed by atoms with van der Waals surface area (Å²) in [5, 5.41) is 0. The van der Waals surface area contributed by atoms with Crippen LogP contribution in [0.5, 0.6) is 11.5 Å². The second-order valence-corrected chi connectivity index (χ2v) is 5.13. The second-order valence-electron chi connectivity index (χ2n) is 5.13. The summed E-state index contributed by atoms with van der Waals surface area (Å²) in [6.45, 7) is 2.63. The molecule has 0 aliphatic heterocycles. The van der Waals surface area contributed by atoms with Crippen LogP contribution in [-0.4, -0.2) is 13.7 Å². The molecule has 0 aliphatic carbocycles. The predicted molar refractivity (Wildman–Crippen MR) is 85.9 cm³/mol. The summed E-state index contributed by atoms with van der Waals surface area (Å²) in [5.41, 5.74) is 8.32. The Morgan fingerprint density at radius 3 is 2.52 bits per heavy atom. The van der Waals surface area contributed by atoms with Gasteiger partial charge in [0.05, 0.1) is 13.7 Å². The first-order valence-corrected chi connectivity index (χ1v) is 7.31. The lowest BCUT2D eigenvalue weighted by molar-refractivity contribution is 0.304. The van der Waals surface area contributed by atoms with Crippen molar-refractivity contribution in [1.82, 2.24) is 0 Å². The van der Waals surface area contributed by atoms with Gasteiger partial charge in [-0.25, -0.2) is 0 Å². The molecule has 0 fully saturated rings. The molecule has 3 nitrogen and oxygen atoms in total. The van der Waals surface area contributed by atoms with Crippen molar-refractivity contribution in [3.05, 3.63) is 59.7 Å². The number of ether oxygens (including phenoxy) is 2. The molecule has 0 unspecified atom stereocenters. The Balaban J connectivity index is 1.92. The van der Waals surface area contributed by atoms with Crippen LogP contribution in [0.4, 0.5) is 0 Å². The molecule has 0 aromatic heterocycles. The van der Waals surface area contributed by atoms with Crippen LogP contribution in [-0.2, 0) is 6.42 Å². The normalized spacial score (nSPS) is 12.0. The van der Waals surface area contributed by atoms with E-state index >= 15 is 0 Å². The molecule has 0 amide bonds. The number of benzene rings is 2. The SMILES string of the molecule is COc1ccc([C@H](C)N)c(OCCCc2ccccc2)c1. The van der Waals surface area contributed by atoms with E-state index in [1.54, 1.807) is 7.11 Å². The Kier molecular flexibility index (Phi) is 5.64. The van der Waals surface area contributed by atoms with Gasteiger partial charge in [0.15, 0.2) is 0 Å².